The topological polar surface area (TPSA) is 58.4 Å². The van der Waals surface area contributed by atoms with Crippen LogP contribution in [0.1, 0.15) is 26.2 Å². The van der Waals surface area contributed by atoms with E-state index in [1.54, 1.807) is 0 Å². The summed E-state index contributed by atoms with van der Waals surface area (Å²) in [6, 6.07) is 0. The largest absolute Gasteiger partial charge is 0.341 e. The second-order valence-electron chi connectivity index (χ2n) is 4.26. The van der Waals surface area contributed by atoms with Crippen molar-refractivity contribution >= 4 is 5.91 Å². The molecule has 4 heteroatoms. The van der Waals surface area contributed by atoms with Crippen molar-refractivity contribution in [2.24, 2.45) is 11.7 Å². The molecule has 1 rings (SSSR count). The lowest BCUT2D eigenvalue weighted by Crippen LogP contribution is -2.37. The maximum Gasteiger partial charge on any atom is 0.225 e. The lowest BCUT2D eigenvalue weighted by atomic mass is 10.0. The number of hydrogen-bond acceptors (Lipinski definition) is 3. The number of hydrogen-bond donors (Lipinski definition) is 2. The van der Waals surface area contributed by atoms with Crippen molar-refractivity contribution in [3.8, 4) is 0 Å². The molecule has 0 aromatic carbocycles. The van der Waals surface area contributed by atoms with Crippen LogP contribution < -0.4 is 11.1 Å². The van der Waals surface area contributed by atoms with Gasteiger partial charge in [0.15, 0.2) is 0 Å². The van der Waals surface area contributed by atoms with Crippen molar-refractivity contribution in [1.29, 1.82) is 0 Å². The first kappa shape index (κ1) is 12.5. The Kier molecular flexibility index (Phi) is 5.65. The van der Waals surface area contributed by atoms with Gasteiger partial charge in [-0.3, -0.25) is 4.79 Å². The Morgan fingerprint density at radius 1 is 1.47 bits per heavy atom. The van der Waals surface area contributed by atoms with Crippen LogP contribution in [0.5, 0.6) is 0 Å². The summed E-state index contributed by atoms with van der Waals surface area (Å²) in [5.41, 5.74) is 5.45. The molecule has 1 fully saturated rings. The Morgan fingerprint density at radius 2 is 2.27 bits per heavy atom. The van der Waals surface area contributed by atoms with Crippen LogP contribution in [-0.4, -0.2) is 43.5 Å². The number of nitrogens with one attached hydrogen (secondary N) is 1. The number of rotatable bonds is 4. The molecule has 1 heterocycles. The highest BCUT2D eigenvalue weighted by molar-refractivity contribution is 5.78. The number of amides is 1. The Bertz CT molecular complexity index is 188. The van der Waals surface area contributed by atoms with E-state index in [0.717, 1.165) is 45.4 Å². The van der Waals surface area contributed by atoms with Crippen molar-refractivity contribution in [1.82, 2.24) is 10.2 Å². The van der Waals surface area contributed by atoms with E-state index in [9.17, 15) is 4.79 Å². The van der Waals surface area contributed by atoms with E-state index in [4.69, 9.17) is 5.73 Å². The molecule has 0 spiro atoms. The van der Waals surface area contributed by atoms with Crippen LogP contribution in [0.4, 0.5) is 0 Å². The maximum absolute atomic E-state index is 12.0. The summed E-state index contributed by atoms with van der Waals surface area (Å²) in [6.07, 6.45) is 2.92. The summed E-state index contributed by atoms with van der Waals surface area (Å²) in [5.74, 6) is 0.429. The minimum absolute atomic E-state index is 0.131. The van der Waals surface area contributed by atoms with Crippen LogP contribution in [-0.2, 0) is 4.79 Å². The molecule has 1 amide bonds. The minimum Gasteiger partial charge on any atom is -0.341 e. The van der Waals surface area contributed by atoms with Gasteiger partial charge >= 0.3 is 0 Å². The average molecular weight is 213 g/mol. The Hall–Kier alpha value is -0.610. The standard InChI is InChI=1S/C11H23N3O/c1-10(4-2-5-12)11(15)14-8-3-6-13-7-9-14/h10,13H,2-9,12H2,1H3. The summed E-state index contributed by atoms with van der Waals surface area (Å²) >= 11 is 0. The minimum atomic E-state index is 0.131. The highest BCUT2D eigenvalue weighted by Crippen LogP contribution is 2.10. The van der Waals surface area contributed by atoms with E-state index in [1.165, 1.54) is 0 Å². The Morgan fingerprint density at radius 3 is 3.00 bits per heavy atom. The molecule has 0 aromatic heterocycles. The van der Waals surface area contributed by atoms with E-state index in [0.29, 0.717) is 12.5 Å². The number of nitrogens with two attached hydrogens (primary N) is 1. The molecule has 0 aromatic rings. The van der Waals surface area contributed by atoms with Gasteiger partial charge in [0.05, 0.1) is 0 Å². The predicted molar refractivity (Wildman–Crippen MR) is 61.5 cm³/mol. The summed E-state index contributed by atoms with van der Waals surface area (Å²) < 4.78 is 0. The highest BCUT2D eigenvalue weighted by atomic mass is 16.2. The van der Waals surface area contributed by atoms with Gasteiger partial charge in [-0.15, -0.1) is 0 Å². The van der Waals surface area contributed by atoms with Crippen LogP contribution in [0.3, 0.4) is 0 Å². The first-order chi connectivity index (χ1) is 7.25. The van der Waals surface area contributed by atoms with Crippen molar-refractivity contribution in [2.75, 3.05) is 32.7 Å². The number of carbonyl (C=O) groups excluding carboxylic acids is 1. The molecule has 1 aliphatic heterocycles. The molecule has 3 N–H and O–H groups in total. The maximum atomic E-state index is 12.0. The zero-order valence-electron chi connectivity index (χ0n) is 9.67. The smallest absolute Gasteiger partial charge is 0.225 e. The molecule has 1 saturated heterocycles. The van der Waals surface area contributed by atoms with Crippen LogP contribution in [0.2, 0.25) is 0 Å². The van der Waals surface area contributed by atoms with Crippen molar-refractivity contribution < 1.29 is 4.79 Å². The number of nitrogens with zero attached hydrogens (tertiary/aromatic N) is 1. The Balaban J connectivity index is 2.35. The fourth-order valence-electron chi connectivity index (χ4n) is 1.93. The van der Waals surface area contributed by atoms with Crippen LogP contribution in [0.15, 0.2) is 0 Å². The van der Waals surface area contributed by atoms with Gasteiger partial charge in [0.1, 0.15) is 0 Å². The van der Waals surface area contributed by atoms with Crippen molar-refractivity contribution in [3.05, 3.63) is 0 Å². The normalized spacial score (nSPS) is 19.7. The summed E-state index contributed by atoms with van der Waals surface area (Å²) in [6.45, 7) is 6.40. The van der Waals surface area contributed by atoms with Gasteiger partial charge in [0, 0.05) is 25.6 Å². The summed E-state index contributed by atoms with van der Waals surface area (Å²) in [4.78, 5) is 14.0. The lowest BCUT2D eigenvalue weighted by Gasteiger charge is -2.23. The summed E-state index contributed by atoms with van der Waals surface area (Å²) in [7, 11) is 0. The monoisotopic (exact) mass is 213 g/mol. The third-order valence-corrected chi connectivity index (χ3v) is 2.91. The van der Waals surface area contributed by atoms with Crippen molar-refractivity contribution in [3.63, 3.8) is 0 Å². The summed E-state index contributed by atoms with van der Waals surface area (Å²) in [5, 5.41) is 3.30. The van der Waals surface area contributed by atoms with Gasteiger partial charge in [0.2, 0.25) is 5.91 Å². The van der Waals surface area contributed by atoms with Gasteiger partial charge in [-0.1, -0.05) is 6.92 Å². The van der Waals surface area contributed by atoms with Crippen LogP contribution >= 0.6 is 0 Å². The molecule has 0 saturated carbocycles. The molecule has 1 atom stereocenters. The SMILES string of the molecule is CC(CCCN)C(=O)N1CCCNCC1. The van der Waals surface area contributed by atoms with Crippen molar-refractivity contribution in [2.45, 2.75) is 26.2 Å². The van der Waals surface area contributed by atoms with E-state index in [-0.39, 0.29) is 5.92 Å². The first-order valence-electron chi connectivity index (χ1n) is 5.95. The zero-order valence-corrected chi connectivity index (χ0v) is 9.67. The second kappa shape index (κ2) is 6.80. The van der Waals surface area contributed by atoms with E-state index in [1.807, 2.05) is 11.8 Å². The quantitative estimate of drug-likeness (QED) is 0.700. The van der Waals surface area contributed by atoms with E-state index in [2.05, 4.69) is 5.32 Å². The molecule has 1 aliphatic rings. The first-order valence-corrected chi connectivity index (χ1v) is 5.95. The highest BCUT2D eigenvalue weighted by Gasteiger charge is 2.20. The molecule has 4 nitrogen and oxygen atoms in total. The third kappa shape index (κ3) is 4.18. The van der Waals surface area contributed by atoms with Gasteiger partial charge in [0.25, 0.3) is 0 Å². The molecule has 15 heavy (non-hydrogen) atoms. The van der Waals surface area contributed by atoms with Gasteiger partial charge in [-0.25, -0.2) is 0 Å². The van der Waals surface area contributed by atoms with Gasteiger partial charge in [-0.05, 0) is 32.4 Å². The van der Waals surface area contributed by atoms with E-state index >= 15 is 0 Å². The molecule has 1 unspecified atom stereocenters. The predicted octanol–water partition coefficient (Wildman–Crippen LogP) is 0.183. The molecule has 88 valence electrons. The second-order valence-corrected chi connectivity index (χ2v) is 4.26. The zero-order chi connectivity index (χ0) is 11.1. The Labute approximate surface area is 92.2 Å². The van der Waals surface area contributed by atoms with Gasteiger partial charge in [-0.2, -0.15) is 0 Å². The lowest BCUT2D eigenvalue weighted by molar-refractivity contribution is -0.135. The number of carbonyl (C=O) groups is 1. The molecular formula is C11H23N3O. The molecule has 0 radical (unpaired) electrons. The molecular weight excluding hydrogens is 190 g/mol. The fraction of sp³-hybridized carbons (Fsp3) is 0.909. The van der Waals surface area contributed by atoms with Gasteiger partial charge < -0.3 is 16.0 Å². The molecule has 0 aliphatic carbocycles. The van der Waals surface area contributed by atoms with Crippen LogP contribution in [0, 0.1) is 5.92 Å². The van der Waals surface area contributed by atoms with E-state index < -0.39 is 0 Å². The van der Waals surface area contributed by atoms with Crippen LogP contribution in [0.25, 0.3) is 0 Å². The molecule has 0 bridgehead atoms. The fourth-order valence-corrected chi connectivity index (χ4v) is 1.93. The average Bonchev–Trinajstić information content (AvgIpc) is 2.53. The third-order valence-electron chi connectivity index (χ3n) is 2.91.